The summed E-state index contributed by atoms with van der Waals surface area (Å²) in [6, 6.07) is 0. The minimum Gasteiger partial charge on any atom is -0.481 e. The molecule has 7 nitrogen and oxygen atoms in total. The quantitative estimate of drug-likeness (QED) is 0.877. The molecule has 1 heterocycles. The Hall–Kier alpha value is -2.18. The normalized spacial score (nSPS) is 21.1. The third kappa shape index (κ3) is 3.66. The van der Waals surface area contributed by atoms with Gasteiger partial charge in [-0.05, 0) is 32.8 Å². The number of carbonyl (C=O) groups excluding carboxylic acids is 1. The highest BCUT2D eigenvalue weighted by Gasteiger charge is 2.44. The molecule has 2 rings (SSSR count). The lowest BCUT2D eigenvalue weighted by atomic mass is 10.2. The summed E-state index contributed by atoms with van der Waals surface area (Å²) in [5, 5.41) is 11.3. The average molecular weight is 279 g/mol. The maximum absolute atomic E-state index is 11.5. The first-order chi connectivity index (χ1) is 9.26. The van der Waals surface area contributed by atoms with Crippen molar-refractivity contribution in [2.24, 2.45) is 5.92 Å². The zero-order chi connectivity index (χ0) is 14.9. The molecule has 7 heteroatoms. The summed E-state index contributed by atoms with van der Waals surface area (Å²) < 4.78 is 5.07. The monoisotopic (exact) mass is 279 g/mol. The first kappa shape index (κ1) is 14.2. The van der Waals surface area contributed by atoms with Crippen LogP contribution in [0.5, 0.6) is 0 Å². The van der Waals surface area contributed by atoms with Gasteiger partial charge in [0.25, 0.3) is 0 Å². The summed E-state index contributed by atoms with van der Waals surface area (Å²) in [4.78, 5) is 30.3. The molecule has 1 saturated carbocycles. The van der Waals surface area contributed by atoms with E-state index < -0.39 is 17.7 Å². The summed E-state index contributed by atoms with van der Waals surface area (Å²) in [6.45, 7) is 5.28. The summed E-state index contributed by atoms with van der Waals surface area (Å²) >= 11 is 0. The summed E-state index contributed by atoms with van der Waals surface area (Å²) in [5.74, 6) is -1.03. The summed E-state index contributed by atoms with van der Waals surface area (Å²) in [7, 11) is 0. The molecule has 0 aromatic carbocycles. The van der Waals surface area contributed by atoms with E-state index in [0.29, 0.717) is 6.42 Å². The Balaban J connectivity index is 1.93. The number of amides is 1. The molecule has 1 aromatic heterocycles. The number of nitrogens with one attached hydrogen (secondary N) is 1. The van der Waals surface area contributed by atoms with Gasteiger partial charge in [-0.1, -0.05) is 0 Å². The second kappa shape index (κ2) is 5.07. The van der Waals surface area contributed by atoms with Crippen LogP contribution in [0.4, 0.5) is 10.7 Å². The smallest absolute Gasteiger partial charge is 0.414 e. The van der Waals surface area contributed by atoms with Gasteiger partial charge < -0.3 is 9.84 Å². The van der Waals surface area contributed by atoms with Crippen molar-refractivity contribution in [3.63, 3.8) is 0 Å². The van der Waals surface area contributed by atoms with Crippen LogP contribution in [0.3, 0.4) is 0 Å². The zero-order valence-corrected chi connectivity index (χ0v) is 11.6. The average Bonchev–Trinajstić information content (AvgIpc) is 3.07. The van der Waals surface area contributed by atoms with Crippen LogP contribution in [0.2, 0.25) is 0 Å². The number of carbonyl (C=O) groups is 2. The Kier molecular flexibility index (Phi) is 3.61. The lowest BCUT2D eigenvalue weighted by molar-refractivity contribution is -0.138. The minimum absolute atomic E-state index is 0.0249. The van der Waals surface area contributed by atoms with Crippen molar-refractivity contribution in [3.8, 4) is 0 Å². The van der Waals surface area contributed by atoms with Crippen LogP contribution < -0.4 is 5.32 Å². The predicted octanol–water partition coefficient (Wildman–Crippen LogP) is 2.01. The molecule has 2 N–H and O–H groups in total. The molecule has 1 amide bonds. The Morgan fingerprint density at radius 3 is 2.40 bits per heavy atom. The van der Waals surface area contributed by atoms with Crippen molar-refractivity contribution < 1.29 is 19.4 Å². The van der Waals surface area contributed by atoms with E-state index in [4.69, 9.17) is 9.84 Å². The molecule has 0 saturated heterocycles. The number of hydrogen-bond donors (Lipinski definition) is 2. The molecule has 0 bridgehead atoms. The van der Waals surface area contributed by atoms with Gasteiger partial charge in [-0.25, -0.2) is 14.8 Å². The third-order valence-corrected chi connectivity index (χ3v) is 2.82. The van der Waals surface area contributed by atoms with Crippen LogP contribution in [-0.4, -0.2) is 32.7 Å². The molecule has 108 valence electrons. The highest BCUT2D eigenvalue weighted by atomic mass is 16.6. The summed E-state index contributed by atoms with van der Waals surface area (Å²) in [5.41, 5.74) is 0.180. The van der Waals surface area contributed by atoms with E-state index in [1.54, 1.807) is 20.8 Å². The number of aromatic nitrogens is 2. The van der Waals surface area contributed by atoms with E-state index in [-0.39, 0.29) is 17.8 Å². The van der Waals surface area contributed by atoms with Crippen molar-refractivity contribution in [1.82, 2.24) is 9.97 Å². The number of nitrogens with zero attached hydrogens (tertiary/aromatic N) is 2. The van der Waals surface area contributed by atoms with E-state index in [1.807, 2.05) is 0 Å². The molecule has 0 radical (unpaired) electrons. The van der Waals surface area contributed by atoms with Gasteiger partial charge in [-0.3, -0.25) is 10.1 Å². The van der Waals surface area contributed by atoms with E-state index in [0.717, 1.165) is 5.56 Å². The Morgan fingerprint density at radius 1 is 1.35 bits per heavy atom. The van der Waals surface area contributed by atoms with Crippen LogP contribution in [0.25, 0.3) is 0 Å². The fourth-order valence-corrected chi connectivity index (χ4v) is 1.83. The number of ether oxygens (including phenoxy) is 1. The number of rotatable bonds is 3. The molecule has 1 aliphatic rings. The SMILES string of the molecule is CC(C)(C)OC(=O)Nc1ncc(C2CC2C(=O)O)cn1. The molecular weight excluding hydrogens is 262 g/mol. The van der Waals surface area contributed by atoms with Crippen molar-refractivity contribution in [2.45, 2.75) is 38.7 Å². The number of anilines is 1. The van der Waals surface area contributed by atoms with Crippen molar-refractivity contribution in [3.05, 3.63) is 18.0 Å². The van der Waals surface area contributed by atoms with Crippen LogP contribution in [0.1, 0.15) is 38.7 Å². The maximum Gasteiger partial charge on any atom is 0.414 e. The summed E-state index contributed by atoms with van der Waals surface area (Å²) in [6.07, 6.45) is 3.05. The van der Waals surface area contributed by atoms with E-state index in [1.165, 1.54) is 12.4 Å². The van der Waals surface area contributed by atoms with Gasteiger partial charge in [0.15, 0.2) is 0 Å². The third-order valence-electron chi connectivity index (χ3n) is 2.82. The minimum atomic E-state index is -0.800. The van der Waals surface area contributed by atoms with Gasteiger partial charge in [-0.2, -0.15) is 0 Å². The van der Waals surface area contributed by atoms with E-state index in [9.17, 15) is 9.59 Å². The van der Waals surface area contributed by atoms with Crippen molar-refractivity contribution in [1.29, 1.82) is 0 Å². The van der Waals surface area contributed by atoms with Crippen LogP contribution in [0.15, 0.2) is 12.4 Å². The van der Waals surface area contributed by atoms with E-state index >= 15 is 0 Å². The van der Waals surface area contributed by atoms with Gasteiger partial charge in [0.05, 0.1) is 5.92 Å². The molecule has 20 heavy (non-hydrogen) atoms. The number of carboxylic acids is 1. The lowest BCUT2D eigenvalue weighted by Crippen LogP contribution is -2.27. The number of aliphatic carboxylic acids is 1. The zero-order valence-electron chi connectivity index (χ0n) is 11.6. The molecular formula is C13H17N3O4. The molecule has 1 fully saturated rings. The largest absolute Gasteiger partial charge is 0.481 e. The molecule has 1 aliphatic carbocycles. The second-order valence-electron chi connectivity index (χ2n) is 5.75. The highest BCUT2D eigenvalue weighted by molar-refractivity contribution is 5.82. The second-order valence-corrected chi connectivity index (χ2v) is 5.75. The van der Waals surface area contributed by atoms with Gasteiger partial charge >= 0.3 is 12.1 Å². The van der Waals surface area contributed by atoms with Gasteiger partial charge in [0, 0.05) is 18.3 Å². The van der Waals surface area contributed by atoms with Crippen LogP contribution >= 0.6 is 0 Å². The lowest BCUT2D eigenvalue weighted by Gasteiger charge is -2.19. The topological polar surface area (TPSA) is 101 Å². The molecule has 2 atom stereocenters. The Morgan fingerprint density at radius 2 is 1.95 bits per heavy atom. The predicted molar refractivity (Wildman–Crippen MR) is 70.4 cm³/mol. The highest BCUT2D eigenvalue weighted by Crippen LogP contribution is 2.47. The van der Waals surface area contributed by atoms with E-state index in [2.05, 4.69) is 15.3 Å². The standard InChI is InChI=1S/C13H17N3O4/c1-13(2,3)20-12(19)16-11-14-5-7(6-15-11)8-4-9(8)10(17)18/h5-6,8-9H,4H2,1-3H3,(H,17,18)(H,14,15,16,19). The Bertz CT molecular complexity index is 521. The Labute approximate surface area is 116 Å². The van der Waals surface area contributed by atoms with Crippen LogP contribution in [0, 0.1) is 5.92 Å². The van der Waals surface area contributed by atoms with Gasteiger partial charge in [0.1, 0.15) is 5.60 Å². The van der Waals surface area contributed by atoms with Gasteiger partial charge in [0.2, 0.25) is 5.95 Å². The molecule has 0 spiro atoms. The fraction of sp³-hybridized carbons (Fsp3) is 0.538. The molecule has 2 unspecified atom stereocenters. The number of carboxylic acid groups (broad SMARTS) is 1. The molecule has 0 aliphatic heterocycles. The van der Waals surface area contributed by atoms with Crippen molar-refractivity contribution in [2.75, 3.05) is 5.32 Å². The fourth-order valence-electron chi connectivity index (χ4n) is 1.83. The van der Waals surface area contributed by atoms with Crippen LogP contribution in [-0.2, 0) is 9.53 Å². The van der Waals surface area contributed by atoms with Gasteiger partial charge in [-0.15, -0.1) is 0 Å². The maximum atomic E-state index is 11.5. The first-order valence-electron chi connectivity index (χ1n) is 6.31. The first-order valence-corrected chi connectivity index (χ1v) is 6.31. The molecule has 1 aromatic rings. The number of hydrogen-bond acceptors (Lipinski definition) is 5. The van der Waals surface area contributed by atoms with Crippen molar-refractivity contribution >= 4 is 18.0 Å².